The van der Waals surface area contributed by atoms with Gasteiger partial charge in [0, 0.05) is 6.54 Å². The summed E-state index contributed by atoms with van der Waals surface area (Å²) >= 11 is 1.59. The summed E-state index contributed by atoms with van der Waals surface area (Å²) in [5.41, 5.74) is 1.37. The number of allylic oxidation sites excluding steroid dienone is 3. The maximum Gasteiger partial charge on any atom is 0.280 e. The third-order valence-corrected chi connectivity index (χ3v) is 5.55. The van der Waals surface area contributed by atoms with E-state index < -0.39 is 11.7 Å². The Hall–Kier alpha value is -2.21. The standard InChI is InChI=1S/C24H33FN2O2S/c1-18(2)17-26-23(28)22(25)19(3)13-9-7-5-4-6-8-12-16-29-24-27-20-14-10-11-15-21(20)30-24/h9-11,13-15,18H,4-8,12,16-17H2,1-3H3,(H,26,28)/b13-9+,22-19+. The number of aromatic nitrogens is 1. The summed E-state index contributed by atoms with van der Waals surface area (Å²) in [5.74, 6) is -1.02. The van der Waals surface area contributed by atoms with Gasteiger partial charge in [0.25, 0.3) is 11.1 Å². The highest BCUT2D eigenvalue weighted by Gasteiger charge is 2.10. The van der Waals surface area contributed by atoms with Crippen LogP contribution in [-0.2, 0) is 4.79 Å². The number of nitrogens with zero attached hydrogens (tertiary/aromatic N) is 1. The van der Waals surface area contributed by atoms with Crippen molar-refractivity contribution < 1.29 is 13.9 Å². The van der Waals surface area contributed by atoms with Crippen molar-refractivity contribution >= 4 is 27.5 Å². The smallest absolute Gasteiger partial charge is 0.280 e. The number of hydrogen-bond acceptors (Lipinski definition) is 4. The maximum absolute atomic E-state index is 14.0. The summed E-state index contributed by atoms with van der Waals surface area (Å²) in [5, 5.41) is 3.34. The minimum atomic E-state index is -0.694. The molecule has 30 heavy (non-hydrogen) atoms. The number of thiazole rings is 1. The van der Waals surface area contributed by atoms with Gasteiger partial charge in [-0.25, -0.2) is 9.37 Å². The van der Waals surface area contributed by atoms with E-state index in [9.17, 15) is 9.18 Å². The van der Waals surface area contributed by atoms with Gasteiger partial charge < -0.3 is 10.1 Å². The Balaban J connectivity index is 1.52. The van der Waals surface area contributed by atoms with Crippen LogP contribution in [0.15, 0.2) is 47.8 Å². The minimum absolute atomic E-state index is 0.302. The average molecular weight is 433 g/mol. The first-order valence-electron chi connectivity index (χ1n) is 10.8. The van der Waals surface area contributed by atoms with E-state index in [2.05, 4.69) is 16.4 Å². The van der Waals surface area contributed by atoms with Crippen LogP contribution < -0.4 is 10.1 Å². The molecule has 0 spiro atoms. The van der Waals surface area contributed by atoms with Crippen LogP contribution in [0.1, 0.15) is 59.3 Å². The molecule has 0 aliphatic heterocycles. The highest BCUT2D eigenvalue weighted by atomic mass is 32.1. The number of hydrogen-bond donors (Lipinski definition) is 1. The fraction of sp³-hybridized carbons (Fsp3) is 0.500. The Morgan fingerprint density at radius 3 is 2.70 bits per heavy atom. The SMILES string of the molecule is CC(/C=C/CCCCCCCOc1nc2ccccc2s1)=C(\F)C(=O)NCC(C)C. The molecule has 1 N–H and O–H groups in total. The lowest BCUT2D eigenvalue weighted by Crippen LogP contribution is -2.27. The van der Waals surface area contributed by atoms with Gasteiger partial charge in [0.05, 0.1) is 16.8 Å². The monoisotopic (exact) mass is 432 g/mol. The van der Waals surface area contributed by atoms with Gasteiger partial charge in [0.15, 0.2) is 5.83 Å². The molecule has 1 aromatic carbocycles. The zero-order valence-electron chi connectivity index (χ0n) is 18.2. The van der Waals surface area contributed by atoms with Crippen molar-refractivity contribution in [3.05, 3.63) is 47.8 Å². The van der Waals surface area contributed by atoms with Gasteiger partial charge in [-0.2, -0.15) is 0 Å². The van der Waals surface area contributed by atoms with Crippen molar-refractivity contribution in [1.82, 2.24) is 10.3 Å². The van der Waals surface area contributed by atoms with E-state index in [-0.39, 0.29) is 0 Å². The predicted octanol–water partition coefficient (Wildman–Crippen LogP) is 6.59. The highest BCUT2D eigenvalue weighted by Crippen LogP contribution is 2.27. The first kappa shape index (κ1) is 24.1. The quantitative estimate of drug-likeness (QED) is 0.221. The number of ether oxygens (including phenoxy) is 1. The molecule has 6 heteroatoms. The molecule has 0 radical (unpaired) electrons. The summed E-state index contributed by atoms with van der Waals surface area (Å²) < 4.78 is 20.9. The second-order valence-corrected chi connectivity index (χ2v) is 8.85. The predicted molar refractivity (Wildman–Crippen MR) is 124 cm³/mol. The molecule has 0 bridgehead atoms. The largest absolute Gasteiger partial charge is 0.470 e. The van der Waals surface area contributed by atoms with Crippen molar-refractivity contribution in [1.29, 1.82) is 0 Å². The molecule has 2 aromatic rings. The van der Waals surface area contributed by atoms with Crippen LogP contribution in [-0.4, -0.2) is 24.0 Å². The van der Waals surface area contributed by atoms with Gasteiger partial charge in [-0.05, 0) is 49.8 Å². The average Bonchev–Trinajstić information content (AvgIpc) is 3.15. The second-order valence-electron chi connectivity index (χ2n) is 7.86. The fourth-order valence-corrected chi connectivity index (χ4v) is 3.69. The van der Waals surface area contributed by atoms with Gasteiger partial charge in [-0.3, -0.25) is 4.79 Å². The number of fused-ring (bicyclic) bond motifs is 1. The van der Waals surface area contributed by atoms with Crippen molar-refractivity contribution in [2.45, 2.75) is 59.3 Å². The normalized spacial score (nSPS) is 12.6. The molecule has 2 rings (SSSR count). The molecular formula is C24H33FN2O2S. The molecule has 0 aliphatic carbocycles. The molecule has 0 fully saturated rings. The van der Waals surface area contributed by atoms with E-state index in [4.69, 9.17) is 4.74 Å². The van der Waals surface area contributed by atoms with E-state index >= 15 is 0 Å². The summed E-state index contributed by atoms with van der Waals surface area (Å²) in [4.78, 5) is 16.2. The first-order valence-corrected chi connectivity index (χ1v) is 11.6. The molecule has 1 amide bonds. The maximum atomic E-state index is 14.0. The number of carbonyl (C=O) groups excluding carboxylic acids is 1. The van der Waals surface area contributed by atoms with Crippen molar-refractivity contribution in [2.75, 3.05) is 13.2 Å². The molecule has 0 saturated carbocycles. The molecule has 0 aliphatic rings. The Bertz CT molecular complexity index is 825. The zero-order chi connectivity index (χ0) is 21.8. The van der Waals surface area contributed by atoms with Crippen LogP contribution >= 0.6 is 11.3 Å². The molecule has 1 heterocycles. The molecule has 4 nitrogen and oxygen atoms in total. The fourth-order valence-electron chi connectivity index (χ4n) is 2.85. The Morgan fingerprint density at radius 1 is 1.20 bits per heavy atom. The number of halogens is 1. The van der Waals surface area contributed by atoms with Crippen LogP contribution in [0, 0.1) is 5.92 Å². The number of amides is 1. The summed E-state index contributed by atoms with van der Waals surface area (Å²) in [6, 6.07) is 8.06. The molecular weight excluding hydrogens is 399 g/mol. The van der Waals surface area contributed by atoms with Crippen LogP contribution in [0.2, 0.25) is 0 Å². The van der Waals surface area contributed by atoms with E-state index in [0.29, 0.717) is 24.6 Å². The molecule has 0 unspecified atom stereocenters. The number of rotatable bonds is 13. The minimum Gasteiger partial charge on any atom is -0.470 e. The van der Waals surface area contributed by atoms with Gasteiger partial charge in [0.1, 0.15) is 0 Å². The number of nitrogens with one attached hydrogen (secondary N) is 1. The lowest BCUT2D eigenvalue weighted by molar-refractivity contribution is -0.119. The van der Waals surface area contributed by atoms with Crippen molar-refractivity contribution in [2.24, 2.45) is 5.92 Å². The third-order valence-electron chi connectivity index (χ3n) is 4.60. The van der Waals surface area contributed by atoms with Crippen LogP contribution in [0.4, 0.5) is 4.39 Å². The van der Waals surface area contributed by atoms with Gasteiger partial charge >= 0.3 is 0 Å². The second kappa shape index (κ2) is 13.2. The van der Waals surface area contributed by atoms with Gasteiger partial charge in [-0.15, -0.1) is 0 Å². The van der Waals surface area contributed by atoms with E-state index in [1.807, 2.05) is 38.1 Å². The summed E-state index contributed by atoms with van der Waals surface area (Å²) in [6.07, 6.45) is 10.0. The molecule has 1 aromatic heterocycles. The van der Waals surface area contributed by atoms with Gasteiger partial charge in [0.2, 0.25) is 0 Å². The van der Waals surface area contributed by atoms with Crippen molar-refractivity contribution in [3.63, 3.8) is 0 Å². The first-order chi connectivity index (χ1) is 14.5. The van der Waals surface area contributed by atoms with E-state index in [1.165, 1.54) is 0 Å². The third kappa shape index (κ3) is 8.66. The number of unbranched alkanes of at least 4 members (excludes halogenated alkanes) is 5. The molecule has 0 saturated heterocycles. The Kier molecular flexibility index (Phi) is 10.6. The highest BCUT2D eigenvalue weighted by molar-refractivity contribution is 7.20. The summed E-state index contributed by atoms with van der Waals surface area (Å²) in [6.45, 7) is 6.76. The Labute approximate surface area is 183 Å². The van der Waals surface area contributed by atoms with E-state index in [1.54, 1.807) is 24.3 Å². The molecule has 164 valence electrons. The lowest BCUT2D eigenvalue weighted by Gasteiger charge is -2.06. The van der Waals surface area contributed by atoms with Crippen molar-refractivity contribution in [3.8, 4) is 5.19 Å². The van der Waals surface area contributed by atoms with Crippen LogP contribution in [0.3, 0.4) is 0 Å². The summed E-state index contributed by atoms with van der Waals surface area (Å²) in [7, 11) is 0. The number of carbonyl (C=O) groups is 1. The zero-order valence-corrected chi connectivity index (χ0v) is 19.1. The van der Waals surface area contributed by atoms with Gasteiger partial charge in [-0.1, -0.05) is 68.7 Å². The lowest BCUT2D eigenvalue weighted by atomic mass is 10.1. The number of benzene rings is 1. The molecule has 0 atom stereocenters. The van der Waals surface area contributed by atoms with E-state index in [0.717, 1.165) is 53.9 Å². The van der Waals surface area contributed by atoms with Crippen LogP contribution in [0.5, 0.6) is 5.19 Å². The number of para-hydroxylation sites is 1. The topological polar surface area (TPSA) is 51.2 Å². The Morgan fingerprint density at radius 2 is 1.93 bits per heavy atom. The van der Waals surface area contributed by atoms with Crippen LogP contribution in [0.25, 0.3) is 10.2 Å².